The fourth-order valence-electron chi connectivity index (χ4n) is 5.51. The van der Waals surface area contributed by atoms with Gasteiger partial charge in [-0.25, -0.2) is 9.36 Å². The largest absolute Gasteiger partial charge is 0.347 e. The number of thiophene rings is 1. The number of carbonyl (C=O) groups is 1. The highest BCUT2D eigenvalue weighted by Crippen LogP contribution is 2.32. The summed E-state index contributed by atoms with van der Waals surface area (Å²) in [5.41, 5.74) is 2.06. The number of benzene rings is 1. The standard InChI is InChI=1S/C26H28N4O3S/c31-22(29-12-4-5-13-29)11-15-28-14-10-17-16-18(8-9-20(17)28)30-25(32)23-19-6-2-1-3-7-21(19)34-24(23)27-26(30)33/h8-10,14,16H,1-7,11-13,15H2,(H,27,33). The highest BCUT2D eigenvalue weighted by molar-refractivity contribution is 7.18. The van der Waals surface area contributed by atoms with Gasteiger partial charge < -0.3 is 9.47 Å². The minimum atomic E-state index is -0.399. The van der Waals surface area contributed by atoms with Crippen LogP contribution in [-0.2, 0) is 24.2 Å². The van der Waals surface area contributed by atoms with E-state index in [-0.39, 0.29) is 11.5 Å². The summed E-state index contributed by atoms with van der Waals surface area (Å²) >= 11 is 1.56. The van der Waals surface area contributed by atoms with Gasteiger partial charge in [0.05, 0.1) is 11.1 Å². The summed E-state index contributed by atoms with van der Waals surface area (Å²) in [6.07, 6.45) is 9.92. The number of carbonyl (C=O) groups excluding carboxylic acids is 1. The van der Waals surface area contributed by atoms with Gasteiger partial charge in [0, 0.05) is 48.0 Å². The Morgan fingerprint density at radius 2 is 1.82 bits per heavy atom. The average Bonchev–Trinajstić information content (AvgIpc) is 3.54. The topological polar surface area (TPSA) is 80.1 Å². The first-order valence-corrected chi connectivity index (χ1v) is 13.1. The van der Waals surface area contributed by atoms with Crippen molar-refractivity contribution in [1.82, 2.24) is 19.0 Å². The highest BCUT2D eigenvalue weighted by Gasteiger charge is 2.21. The van der Waals surface area contributed by atoms with E-state index in [4.69, 9.17) is 0 Å². The van der Waals surface area contributed by atoms with E-state index in [0.717, 1.165) is 68.1 Å². The lowest BCUT2D eigenvalue weighted by atomic mass is 10.1. The number of fused-ring (bicyclic) bond motifs is 4. The van der Waals surface area contributed by atoms with Gasteiger partial charge in [-0.05, 0) is 68.4 Å². The van der Waals surface area contributed by atoms with E-state index in [9.17, 15) is 14.4 Å². The molecule has 8 heteroatoms. The molecule has 1 saturated heterocycles. The lowest BCUT2D eigenvalue weighted by Gasteiger charge is -2.15. The van der Waals surface area contributed by atoms with Crippen LogP contribution in [0, 0.1) is 0 Å². The van der Waals surface area contributed by atoms with Crippen LogP contribution in [0.2, 0.25) is 0 Å². The predicted octanol–water partition coefficient (Wildman–Crippen LogP) is 3.98. The normalized spacial score (nSPS) is 16.3. The molecule has 1 N–H and O–H groups in total. The summed E-state index contributed by atoms with van der Waals surface area (Å²) in [6, 6.07) is 7.64. The van der Waals surface area contributed by atoms with Crippen LogP contribution in [0.3, 0.4) is 0 Å². The Balaban J connectivity index is 1.35. The number of hydrogen-bond acceptors (Lipinski definition) is 4. The van der Waals surface area contributed by atoms with Gasteiger partial charge in [-0.2, -0.15) is 0 Å². The van der Waals surface area contributed by atoms with Gasteiger partial charge in [0.1, 0.15) is 4.83 Å². The maximum absolute atomic E-state index is 13.5. The zero-order valence-electron chi connectivity index (χ0n) is 19.1. The quantitative estimate of drug-likeness (QED) is 0.453. The molecule has 2 aliphatic rings. The lowest BCUT2D eigenvalue weighted by Crippen LogP contribution is -2.33. The highest BCUT2D eigenvalue weighted by atomic mass is 32.1. The third kappa shape index (κ3) is 3.60. The first-order valence-electron chi connectivity index (χ1n) is 12.3. The van der Waals surface area contributed by atoms with Crippen LogP contribution in [-0.4, -0.2) is 38.0 Å². The summed E-state index contributed by atoms with van der Waals surface area (Å²) in [4.78, 5) is 45.8. The Morgan fingerprint density at radius 1 is 1.00 bits per heavy atom. The molecule has 1 aliphatic carbocycles. The Morgan fingerprint density at radius 3 is 2.68 bits per heavy atom. The molecule has 4 heterocycles. The Bertz CT molecular complexity index is 1520. The Kier molecular flexibility index (Phi) is 5.40. The van der Waals surface area contributed by atoms with E-state index in [2.05, 4.69) is 9.55 Å². The molecule has 0 atom stereocenters. The van der Waals surface area contributed by atoms with E-state index in [1.54, 1.807) is 11.3 Å². The van der Waals surface area contributed by atoms with E-state index >= 15 is 0 Å². The minimum absolute atomic E-state index is 0.206. The van der Waals surface area contributed by atoms with Crippen LogP contribution in [0.5, 0.6) is 0 Å². The number of aromatic amines is 1. The molecule has 1 fully saturated rings. The molecule has 0 saturated carbocycles. The second-order valence-corrected chi connectivity index (χ2v) is 10.5. The van der Waals surface area contributed by atoms with Crippen molar-refractivity contribution in [3.8, 4) is 5.69 Å². The van der Waals surface area contributed by atoms with Crippen molar-refractivity contribution >= 4 is 38.4 Å². The molecule has 0 bridgehead atoms. The number of nitrogens with zero attached hydrogens (tertiary/aromatic N) is 3. The van der Waals surface area contributed by atoms with E-state index in [0.29, 0.717) is 28.9 Å². The monoisotopic (exact) mass is 476 g/mol. The van der Waals surface area contributed by atoms with Gasteiger partial charge in [0.15, 0.2) is 0 Å². The Hall–Kier alpha value is -3.13. The number of aryl methyl sites for hydroxylation is 3. The second kappa shape index (κ2) is 8.58. The molecular weight excluding hydrogens is 448 g/mol. The average molecular weight is 477 g/mol. The molecule has 3 aromatic heterocycles. The molecule has 0 unspecified atom stereocenters. The molecule has 34 heavy (non-hydrogen) atoms. The van der Waals surface area contributed by atoms with Crippen molar-refractivity contribution in [2.24, 2.45) is 0 Å². The lowest BCUT2D eigenvalue weighted by molar-refractivity contribution is -0.130. The maximum Gasteiger partial charge on any atom is 0.334 e. The summed E-state index contributed by atoms with van der Waals surface area (Å²) in [5.74, 6) is 0.206. The third-order valence-corrected chi connectivity index (χ3v) is 8.51. The van der Waals surface area contributed by atoms with Crippen molar-refractivity contribution in [2.75, 3.05) is 13.1 Å². The molecule has 7 nitrogen and oxygen atoms in total. The molecule has 0 spiro atoms. The first kappa shape index (κ1) is 21.4. The molecule has 1 aliphatic heterocycles. The van der Waals surface area contributed by atoms with Gasteiger partial charge in [-0.1, -0.05) is 6.42 Å². The van der Waals surface area contributed by atoms with Crippen LogP contribution in [0.1, 0.15) is 49.0 Å². The van der Waals surface area contributed by atoms with Crippen molar-refractivity contribution in [2.45, 2.75) is 57.9 Å². The summed E-state index contributed by atoms with van der Waals surface area (Å²) in [5, 5.41) is 1.63. The number of rotatable bonds is 4. The van der Waals surface area contributed by atoms with E-state index < -0.39 is 5.69 Å². The molecule has 6 rings (SSSR count). The van der Waals surface area contributed by atoms with E-state index in [1.807, 2.05) is 35.4 Å². The smallest absolute Gasteiger partial charge is 0.334 e. The van der Waals surface area contributed by atoms with Crippen LogP contribution >= 0.6 is 11.3 Å². The molecule has 4 aromatic rings. The summed E-state index contributed by atoms with van der Waals surface area (Å²) in [6.45, 7) is 2.36. The maximum atomic E-state index is 13.5. The second-order valence-electron chi connectivity index (χ2n) is 9.43. The molecule has 1 amide bonds. The third-order valence-electron chi connectivity index (χ3n) is 7.30. The molecular formula is C26H28N4O3S. The van der Waals surface area contributed by atoms with Crippen LogP contribution in [0.15, 0.2) is 40.1 Å². The van der Waals surface area contributed by atoms with Gasteiger partial charge in [-0.15, -0.1) is 11.3 Å². The van der Waals surface area contributed by atoms with Crippen LogP contribution in [0.4, 0.5) is 0 Å². The summed E-state index contributed by atoms with van der Waals surface area (Å²) in [7, 11) is 0. The number of hydrogen-bond donors (Lipinski definition) is 1. The molecule has 176 valence electrons. The van der Waals surface area contributed by atoms with Gasteiger partial charge in [-0.3, -0.25) is 14.6 Å². The zero-order chi connectivity index (χ0) is 23.2. The fraction of sp³-hybridized carbons (Fsp3) is 0.423. The van der Waals surface area contributed by atoms with Gasteiger partial charge in [0.2, 0.25) is 5.91 Å². The predicted molar refractivity (Wildman–Crippen MR) is 135 cm³/mol. The van der Waals surface area contributed by atoms with E-state index in [1.165, 1.54) is 15.9 Å². The summed E-state index contributed by atoms with van der Waals surface area (Å²) < 4.78 is 3.34. The Labute approximate surface area is 200 Å². The number of aromatic nitrogens is 3. The first-order chi connectivity index (χ1) is 16.6. The van der Waals surface area contributed by atoms with Crippen molar-refractivity contribution in [3.63, 3.8) is 0 Å². The van der Waals surface area contributed by atoms with Crippen LogP contribution in [0.25, 0.3) is 26.8 Å². The fourth-order valence-corrected chi connectivity index (χ4v) is 6.78. The SMILES string of the molecule is O=C(CCn1ccc2cc(-n3c(=O)[nH]c4sc5c(c4c3=O)CCCCC5)ccc21)N1CCCC1. The van der Waals surface area contributed by atoms with Gasteiger partial charge >= 0.3 is 5.69 Å². The van der Waals surface area contributed by atoms with Crippen molar-refractivity contribution in [1.29, 1.82) is 0 Å². The number of nitrogens with one attached hydrogen (secondary N) is 1. The number of H-pyrrole nitrogens is 1. The van der Waals surface area contributed by atoms with Gasteiger partial charge in [0.25, 0.3) is 5.56 Å². The number of amides is 1. The minimum Gasteiger partial charge on any atom is -0.347 e. The molecule has 0 radical (unpaired) electrons. The zero-order valence-corrected chi connectivity index (χ0v) is 20.0. The number of likely N-dealkylation sites (tertiary alicyclic amines) is 1. The van der Waals surface area contributed by atoms with Crippen molar-refractivity contribution in [3.05, 3.63) is 61.7 Å². The molecule has 1 aromatic carbocycles. The van der Waals surface area contributed by atoms with Crippen molar-refractivity contribution < 1.29 is 4.79 Å². The van der Waals surface area contributed by atoms with Crippen LogP contribution < -0.4 is 11.2 Å².